The number of carbonyl (C=O) groups is 7. The molecule has 3 heterocycles. The zero-order valence-corrected chi connectivity index (χ0v) is 27.8. The van der Waals surface area contributed by atoms with E-state index in [4.69, 9.17) is 56.8 Å². The van der Waals surface area contributed by atoms with Crippen molar-refractivity contribution >= 4 is 41.8 Å². The standard InChI is InChI=1S/C29H40O20/c1-11(30)41-21-18(37)8-38-28(24(21)44-14(4)33)48-20-10-40-29(26(46-16(6)35)23(20)43-13(3)32)49-19-9-39-27(47-17(7)36)25(45-15(5)34)22(19)42-12(2)31/h18-29,37H,8-10H2,1-7H3/t18-,19-,20-,21+,22+,23+,24-,25-,26-,27+,28+,29+/m0/s1. The summed E-state index contributed by atoms with van der Waals surface area (Å²) in [7, 11) is 0. The summed E-state index contributed by atoms with van der Waals surface area (Å²) < 4.78 is 66.1. The molecule has 49 heavy (non-hydrogen) atoms. The van der Waals surface area contributed by atoms with E-state index < -0.39 is 135 Å². The summed E-state index contributed by atoms with van der Waals surface area (Å²) in [6, 6.07) is 0. The molecule has 3 fully saturated rings. The molecule has 3 aliphatic rings. The zero-order valence-electron chi connectivity index (χ0n) is 27.8. The lowest BCUT2D eigenvalue weighted by molar-refractivity contribution is -0.349. The van der Waals surface area contributed by atoms with Crippen molar-refractivity contribution in [3.8, 4) is 0 Å². The van der Waals surface area contributed by atoms with E-state index in [9.17, 15) is 38.7 Å². The van der Waals surface area contributed by atoms with E-state index in [1.165, 1.54) is 0 Å². The number of carbonyl (C=O) groups excluding carboxylic acids is 7. The van der Waals surface area contributed by atoms with Gasteiger partial charge < -0.3 is 61.9 Å². The topological polar surface area (TPSA) is 250 Å². The van der Waals surface area contributed by atoms with Crippen molar-refractivity contribution in [1.82, 2.24) is 0 Å². The van der Waals surface area contributed by atoms with Crippen LogP contribution >= 0.6 is 0 Å². The minimum atomic E-state index is -1.60. The molecule has 0 unspecified atom stereocenters. The van der Waals surface area contributed by atoms with E-state index >= 15 is 0 Å². The van der Waals surface area contributed by atoms with Gasteiger partial charge in [-0.1, -0.05) is 0 Å². The van der Waals surface area contributed by atoms with Gasteiger partial charge >= 0.3 is 41.8 Å². The maximum atomic E-state index is 12.3. The first-order valence-electron chi connectivity index (χ1n) is 15.0. The molecule has 12 atom stereocenters. The highest BCUT2D eigenvalue weighted by atomic mass is 16.8. The number of rotatable bonds is 11. The largest absolute Gasteiger partial charge is 0.455 e. The van der Waals surface area contributed by atoms with E-state index in [1.807, 2.05) is 0 Å². The van der Waals surface area contributed by atoms with Gasteiger partial charge in [0.25, 0.3) is 0 Å². The number of aliphatic hydroxyl groups is 1. The summed E-state index contributed by atoms with van der Waals surface area (Å²) in [5.74, 6) is -5.85. The van der Waals surface area contributed by atoms with E-state index in [0.29, 0.717) is 0 Å². The van der Waals surface area contributed by atoms with Crippen molar-refractivity contribution in [1.29, 1.82) is 0 Å². The van der Waals surface area contributed by atoms with Crippen LogP contribution in [0.3, 0.4) is 0 Å². The molecule has 0 amide bonds. The fourth-order valence-corrected chi connectivity index (χ4v) is 5.27. The molecular formula is C29H40O20. The van der Waals surface area contributed by atoms with Gasteiger partial charge in [0, 0.05) is 48.5 Å². The van der Waals surface area contributed by atoms with Gasteiger partial charge in [0.05, 0.1) is 19.8 Å². The second-order valence-electron chi connectivity index (χ2n) is 11.1. The van der Waals surface area contributed by atoms with Gasteiger partial charge in [-0.05, 0) is 0 Å². The Morgan fingerprint density at radius 2 is 0.694 bits per heavy atom. The molecule has 276 valence electrons. The maximum absolute atomic E-state index is 12.3. The molecule has 3 saturated heterocycles. The maximum Gasteiger partial charge on any atom is 0.305 e. The highest BCUT2D eigenvalue weighted by Crippen LogP contribution is 2.33. The van der Waals surface area contributed by atoms with Crippen LogP contribution in [-0.2, 0) is 90.4 Å². The molecule has 1 N–H and O–H groups in total. The van der Waals surface area contributed by atoms with Crippen molar-refractivity contribution in [3.63, 3.8) is 0 Å². The van der Waals surface area contributed by atoms with Crippen LogP contribution in [0.15, 0.2) is 0 Å². The first-order valence-corrected chi connectivity index (χ1v) is 15.0. The molecule has 3 rings (SSSR count). The smallest absolute Gasteiger partial charge is 0.305 e. The Bertz CT molecular complexity index is 1240. The van der Waals surface area contributed by atoms with E-state index in [-0.39, 0.29) is 0 Å². The van der Waals surface area contributed by atoms with Crippen molar-refractivity contribution < 1.29 is 95.5 Å². The highest BCUT2D eigenvalue weighted by Gasteiger charge is 2.54. The molecule has 0 aromatic heterocycles. The third kappa shape index (κ3) is 11.3. The summed E-state index contributed by atoms with van der Waals surface area (Å²) in [6.45, 7) is 6.12. The van der Waals surface area contributed by atoms with Gasteiger partial charge in [-0.25, -0.2) is 0 Å². The lowest BCUT2D eigenvalue weighted by atomic mass is 10.0. The molecule has 20 heteroatoms. The Morgan fingerprint density at radius 3 is 1.08 bits per heavy atom. The quantitative estimate of drug-likeness (QED) is 0.186. The Morgan fingerprint density at radius 1 is 0.408 bits per heavy atom. The Hall–Kier alpha value is -3.95. The molecule has 0 radical (unpaired) electrons. The lowest BCUT2D eigenvalue weighted by Crippen LogP contribution is -2.64. The summed E-state index contributed by atoms with van der Waals surface area (Å²) in [5, 5.41) is 10.4. The van der Waals surface area contributed by atoms with Gasteiger partial charge in [0.2, 0.25) is 12.4 Å². The molecule has 20 nitrogen and oxygen atoms in total. The number of ether oxygens (including phenoxy) is 12. The fraction of sp³-hybridized carbons (Fsp3) is 0.759. The Labute approximate surface area is 279 Å². The van der Waals surface area contributed by atoms with E-state index in [1.54, 1.807) is 0 Å². The number of hydrogen-bond acceptors (Lipinski definition) is 20. The van der Waals surface area contributed by atoms with Crippen LogP contribution in [0.25, 0.3) is 0 Å². The normalized spacial score (nSPS) is 34.4. The molecule has 0 saturated carbocycles. The van der Waals surface area contributed by atoms with Gasteiger partial charge in [-0.3, -0.25) is 33.6 Å². The third-order valence-corrected chi connectivity index (χ3v) is 6.88. The molecule has 0 aliphatic carbocycles. The molecule has 3 aliphatic heterocycles. The van der Waals surface area contributed by atoms with Crippen molar-refractivity contribution in [2.45, 2.75) is 122 Å². The van der Waals surface area contributed by atoms with Crippen LogP contribution in [0, 0.1) is 0 Å². The molecule has 0 bridgehead atoms. The first kappa shape index (κ1) is 39.5. The predicted octanol–water partition coefficient (Wildman–Crippen LogP) is -1.66. The van der Waals surface area contributed by atoms with Crippen LogP contribution < -0.4 is 0 Å². The van der Waals surface area contributed by atoms with Gasteiger partial charge in [-0.15, -0.1) is 0 Å². The summed E-state index contributed by atoms with van der Waals surface area (Å²) >= 11 is 0. The SMILES string of the molecule is CC(=O)O[C@H]1OC[C@H](O[C@H]2OC[C@H](O[C@H]3OC[C@H](O)[C@@H](OC(C)=O)[C@@H]3OC(C)=O)[C@@H](OC(C)=O)[C@@H]2OC(C)=O)[C@@H](OC(C)=O)[C@@H]1OC(C)=O. The van der Waals surface area contributed by atoms with Crippen molar-refractivity contribution in [3.05, 3.63) is 0 Å². The fourth-order valence-electron chi connectivity index (χ4n) is 5.27. The Kier molecular flexibility index (Phi) is 14.2. The second-order valence-corrected chi connectivity index (χ2v) is 11.1. The molecular weight excluding hydrogens is 668 g/mol. The van der Waals surface area contributed by atoms with Crippen molar-refractivity contribution in [2.75, 3.05) is 19.8 Å². The molecule has 0 spiro atoms. The van der Waals surface area contributed by atoms with Gasteiger partial charge in [0.1, 0.15) is 18.3 Å². The van der Waals surface area contributed by atoms with Crippen LogP contribution in [0.1, 0.15) is 48.5 Å². The van der Waals surface area contributed by atoms with Crippen LogP contribution in [0.4, 0.5) is 0 Å². The van der Waals surface area contributed by atoms with Gasteiger partial charge in [-0.2, -0.15) is 0 Å². The summed E-state index contributed by atoms with van der Waals surface area (Å²) in [5.41, 5.74) is 0. The highest BCUT2D eigenvalue weighted by molar-refractivity contribution is 5.69. The number of esters is 7. The van der Waals surface area contributed by atoms with E-state index in [0.717, 1.165) is 48.5 Å². The minimum Gasteiger partial charge on any atom is -0.455 e. The number of hydrogen-bond donors (Lipinski definition) is 1. The number of aliphatic hydroxyl groups excluding tert-OH is 1. The van der Waals surface area contributed by atoms with E-state index in [2.05, 4.69) is 0 Å². The van der Waals surface area contributed by atoms with Gasteiger partial charge in [0.15, 0.2) is 43.1 Å². The average Bonchev–Trinajstić information content (AvgIpc) is 2.96. The summed E-state index contributed by atoms with van der Waals surface area (Å²) in [6.07, 6.45) is -17.7. The van der Waals surface area contributed by atoms with Crippen LogP contribution in [-0.4, -0.2) is 141 Å². The average molecular weight is 709 g/mol. The predicted molar refractivity (Wildman–Crippen MR) is 150 cm³/mol. The monoisotopic (exact) mass is 708 g/mol. The van der Waals surface area contributed by atoms with Crippen LogP contribution in [0.5, 0.6) is 0 Å². The Balaban J connectivity index is 1.93. The van der Waals surface area contributed by atoms with Crippen molar-refractivity contribution in [2.24, 2.45) is 0 Å². The lowest BCUT2D eigenvalue weighted by Gasteiger charge is -2.46. The first-order chi connectivity index (χ1) is 23.0. The molecule has 0 aromatic carbocycles. The minimum absolute atomic E-state index is 0.428. The second kappa shape index (κ2) is 17.6. The molecule has 0 aromatic rings. The third-order valence-electron chi connectivity index (χ3n) is 6.88. The summed E-state index contributed by atoms with van der Waals surface area (Å²) in [4.78, 5) is 84.0. The zero-order chi connectivity index (χ0) is 36.6. The van der Waals surface area contributed by atoms with Crippen LogP contribution in [0.2, 0.25) is 0 Å².